The van der Waals surface area contributed by atoms with Crippen molar-refractivity contribution in [3.63, 3.8) is 0 Å². The van der Waals surface area contributed by atoms with E-state index in [0.717, 1.165) is 5.56 Å². The Morgan fingerprint density at radius 1 is 1.32 bits per heavy atom. The van der Waals surface area contributed by atoms with Gasteiger partial charge in [0.1, 0.15) is 14.7 Å². The van der Waals surface area contributed by atoms with Crippen LogP contribution >= 0.6 is 0 Å². The minimum atomic E-state index is -1.39. The number of hydrogen-bond acceptors (Lipinski definition) is 3. The highest BCUT2D eigenvalue weighted by Gasteiger charge is 2.32. The monoisotopic (exact) mass is 357 g/mol. The molecule has 0 aromatic heterocycles. The molecule has 0 radical (unpaired) electrons. The lowest BCUT2D eigenvalue weighted by molar-refractivity contribution is -0.154. The Bertz CT molecular complexity index is 678. The summed E-state index contributed by atoms with van der Waals surface area (Å²) in [6.07, 6.45) is 0.936. The van der Waals surface area contributed by atoms with Crippen LogP contribution in [-0.4, -0.2) is 20.7 Å². The van der Waals surface area contributed by atoms with Crippen molar-refractivity contribution in [3.05, 3.63) is 46.3 Å². The third-order valence-corrected chi connectivity index (χ3v) is 4.48. The van der Waals surface area contributed by atoms with Gasteiger partial charge in [-0.15, -0.1) is 11.5 Å². The van der Waals surface area contributed by atoms with E-state index in [-0.39, 0.29) is 12.6 Å². The summed E-state index contributed by atoms with van der Waals surface area (Å²) >= 11 is 0. The fourth-order valence-corrected chi connectivity index (χ4v) is 2.90. The summed E-state index contributed by atoms with van der Waals surface area (Å²) in [4.78, 5) is 15.3. The third-order valence-electron chi connectivity index (χ3n) is 3.56. The molecular formula is C19H27N3O2Si. The maximum absolute atomic E-state index is 12.4. The molecule has 25 heavy (non-hydrogen) atoms. The van der Waals surface area contributed by atoms with Gasteiger partial charge in [0.2, 0.25) is 0 Å². The third kappa shape index (κ3) is 7.93. The highest BCUT2D eigenvalue weighted by Crippen LogP contribution is 2.33. The number of hydrogen-bond donors (Lipinski definition) is 0. The Morgan fingerprint density at radius 3 is 2.52 bits per heavy atom. The van der Waals surface area contributed by atoms with Crippen LogP contribution in [0, 0.1) is 16.9 Å². The van der Waals surface area contributed by atoms with Gasteiger partial charge in [0.15, 0.2) is 0 Å². The van der Waals surface area contributed by atoms with Gasteiger partial charge < -0.3 is 4.74 Å². The second-order valence-electron chi connectivity index (χ2n) is 7.66. The van der Waals surface area contributed by atoms with Crippen LogP contribution in [0.5, 0.6) is 0 Å². The quantitative estimate of drug-likeness (QED) is 0.127. The fourth-order valence-electron chi connectivity index (χ4n) is 2.25. The minimum Gasteiger partial charge on any atom is -0.464 e. The van der Waals surface area contributed by atoms with Gasteiger partial charge in [-0.1, -0.05) is 55.1 Å². The van der Waals surface area contributed by atoms with Crippen molar-refractivity contribution in [3.8, 4) is 11.5 Å². The zero-order valence-electron chi connectivity index (χ0n) is 15.7. The standard InChI is InChI=1S/C19H27N3O2Si/c1-19(2,18(23)24-13-9-10-14-25(3,4)5)15-17(21-22-20)16-11-7-6-8-12-16/h6-8,11-12,17H,9,13,15H2,1-5H3. The number of azide groups is 1. The molecule has 0 saturated heterocycles. The molecule has 1 atom stereocenters. The van der Waals surface area contributed by atoms with E-state index in [4.69, 9.17) is 10.3 Å². The zero-order valence-corrected chi connectivity index (χ0v) is 16.7. The maximum Gasteiger partial charge on any atom is 0.311 e. The van der Waals surface area contributed by atoms with Crippen molar-refractivity contribution in [1.82, 2.24) is 0 Å². The number of ether oxygens (including phenoxy) is 1. The maximum atomic E-state index is 12.4. The van der Waals surface area contributed by atoms with Crippen LogP contribution in [0.3, 0.4) is 0 Å². The molecule has 0 saturated carbocycles. The van der Waals surface area contributed by atoms with Crippen LogP contribution in [0.15, 0.2) is 35.4 Å². The Morgan fingerprint density at radius 2 is 1.96 bits per heavy atom. The normalized spacial score (nSPS) is 12.4. The molecule has 1 aromatic carbocycles. The molecule has 0 N–H and O–H groups in total. The second-order valence-corrected chi connectivity index (χ2v) is 12.4. The first-order valence-electron chi connectivity index (χ1n) is 8.42. The van der Waals surface area contributed by atoms with Crippen LogP contribution < -0.4 is 0 Å². The van der Waals surface area contributed by atoms with Crippen molar-refractivity contribution in [2.24, 2.45) is 10.5 Å². The van der Waals surface area contributed by atoms with Crippen LogP contribution in [0.25, 0.3) is 10.4 Å². The van der Waals surface area contributed by atoms with E-state index in [1.165, 1.54) is 0 Å². The molecule has 0 aliphatic rings. The predicted molar refractivity (Wildman–Crippen MR) is 103 cm³/mol. The molecule has 1 rings (SSSR count). The van der Waals surface area contributed by atoms with E-state index < -0.39 is 19.5 Å². The minimum absolute atomic E-state index is 0.289. The van der Waals surface area contributed by atoms with Crippen molar-refractivity contribution >= 4 is 14.0 Å². The molecule has 0 amide bonds. The number of nitrogens with zero attached hydrogens (tertiary/aromatic N) is 3. The van der Waals surface area contributed by atoms with E-state index in [2.05, 4.69) is 41.1 Å². The lowest BCUT2D eigenvalue weighted by Crippen LogP contribution is -2.28. The SMILES string of the molecule is CC(C)(CC(N=[N+]=[N-])c1ccccc1)C(=O)OCCC#C[Si](C)(C)C. The van der Waals surface area contributed by atoms with Gasteiger partial charge >= 0.3 is 5.97 Å². The predicted octanol–water partition coefficient (Wildman–Crippen LogP) is 5.27. The number of esters is 1. The van der Waals surface area contributed by atoms with Gasteiger partial charge in [-0.2, -0.15) is 0 Å². The molecule has 0 aliphatic heterocycles. The molecule has 0 heterocycles. The van der Waals surface area contributed by atoms with Gasteiger partial charge in [-0.05, 0) is 31.4 Å². The highest BCUT2D eigenvalue weighted by molar-refractivity contribution is 6.83. The number of carbonyl (C=O) groups excluding carboxylic acids is 1. The average Bonchev–Trinajstić information content (AvgIpc) is 2.53. The lowest BCUT2D eigenvalue weighted by Gasteiger charge is -2.25. The smallest absolute Gasteiger partial charge is 0.311 e. The summed E-state index contributed by atoms with van der Waals surface area (Å²) in [6, 6.07) is 9.06. The Hall–Kier alpha value is -2.22. The molecule has 0 bridgehead atoms. The fraction of sp³-hybridized carbons (Fsp3) is 0.526. The average molecular weight is 358 g/mol. The van der Waals surface area contributed by atoms with Crippen molar-refractivity contribution in [2.45, 2.75) is 52.4 Å². The van der Waals surface area contributed by atoms with Gasteiger partial charge in [-0.3, -0.25) is 4.79 Å². The van der Waals surface area contributed by atoms with Crippen LogP contribution in [0.4, 0.5) is 0 Å². The summed E-state index contributed by atoms with van der Waals surface area (Å²) in [7, 11) is -1.39. The van der Waals surface area contributed by atoms with Crippen LogP contribution in [-0.2, 0) is 9.53 Å². The molecule has 1 aromatic rings. The first-order valence-corrected chi connectivity index (χ1v) is 11.9. The first-order chi connectivity index (χ1) is 11.7. The number of rotatable bonds is 7. The van der Waals surface area contributed by atoms with Gasteiger partial charge in [-0.25, -0.2) is 0 Å². The van der Waals surface area contributed by atoms with Gasteiger partial charge in [0.25, 0.3) is 0 Å². The molecular weight excluding hydrogens is 330 g/mol. The van der Waals surface area contributed by atoms with Crippen molar-refractivity contribution < 1.29 is 9.53 Å². The zero-order chi connectivity index (χ0) is 18.9. The van der Waals surface area contributed by atoms with Gasteiger partial charge in [0, 0.05) is 11.3 Å². The van der Waals surface area contributed by atoms with E-state index in [1.807, 2.05) is 44.2 Å². The number of carbonyl (C=O) groups is 1. The Labute approximate surface area is 151 Å². The largest absolute Gasteiger partial charge is 0.464 e. The number of benzene rings is 1. The summed E-state index contributed by atoms with van der Waals surface area (Å²) in [5.41, 5.74) is 12.2. The van der Waals surface area contributed by atoms with E-state index in [0.29, 0.717) is 12.8 Å². The molecule has 134 valence electrons. The molecule has 0 aliphatic carbocycles. The molecule has 6 heteroatoms. The van der Waals surface area contributed by atoms with E-state index in [1.54, 1.807) is 0 Å². The summed E-state index contributed by atoms with van der Waals surface area (Å²) < 4.78 is 5.38. The molecule has 0 spiro atoms. The molecule has 0 fully saturated rings. The van der Waals surface area contributed by atoms with Gasteiger partial charge in [0.05, 0.1) is 11.5 Å². The lowest BCUT2D eigenvalue weighted by atomic mass is 9.84. The Balaban J connectivity index is 2.66. The first kappa shape index (κ1) is 20.8. The van der Waals surface area contributed by atoms with E-state index in [9.17, 15) is 4.79 Å². The van der Waals surface area contributed by atoms with E-state index >= 15 is 0 Å². The second kappa shape index (κ2) is 9.31. The molecule has 5 nitrogen and oxygen atoms in total. The Kier molecular flexibility index (Phi) is 7.75. The van der Waals surface area contributed by atoms with Crippen molar-refractivity contribution in [2.75, 3.05) is 6.61 Å². The van der Waals surface area contributed by atoms with Crippen molar-refractivity contribution in [1.29, 1.82) is 0 Å². The summed E-state index contributed by atoms with van der Waals surface area (Å²) in [6.45, 7) is 10.4. The highest BCUT2D eigenvalue weighted by atomic mass is 28.3. The topological polar surface area (TPSA) is 75.1 Å². The molecule has 1 unspecified atom stereocenters. The van der Waals surface area contributed by atoms with Crippen LogP contribution in [0.1, 0.15) is 38.3 Å². The van der Waals surface area contributed by atoms with Crippen LogP contribution in [0.2, 0.25) is 19.6 Å². The summed E-state index contributed by atoms with van der Waals surface area (Å²) in [5, 5.41) is 3.85. The summed E-state index contributed by atoms with van der Waals surface area (Å²) in [5.74, 6) is 2.79.